The first-order chi connectivity index (χ1) is 10.7. The molecule has 0 aliphatic rings. The van der Waals surface area contributed by atoms with Gasteiger partial charge >= 0.3 is 0 Å². The van der Waals surface area contributed by atoms with Crippen molar-refractivity contribution in [3.63, 3.8) is 0 Å². The van der Waals surface area contributed by atoms with Crippen LogP contribution in [0.5, 0.6) is 0 Å². The molecule has 1 amide bonds. The van der Waals surface area contributed by atoms with Crippen molar-refractivity contribution < 1.29 is 9.21 Å². The zero-order valence-electron chi connectivity index (χ0n) is 12.5. The van der Waals surface area contributed by atoms with Crippen LogP contribution in [0.25, 0.3) is 0 Å². The van der Waals surface area contributed by atoms with E-state index in [0.717, 1.165) is 15.6 Å². The van der Waals surface area contributed by atoms with E-state index in [4.69, 9.17) is 4.42 Å². The Hall–Kier alpha value is -2.35. The number of guanidine groups is 1. The molecular weight excluding hydrogens is 302 g/mol. The molecule has 0 bridgehead atoms. The summed E-state index contributed by atoms with van der Waals surface area (Å²) in [5.41, 5.74) is 0. The highest BCUT2D eigenvalue weighted by molar-refractivity contribution is 7.11. The van der Waals surface area contributed by atoms with Crippen molar-refractivity contribution in [3.05, 3.63) is 40.2 Å². The molecule has 3 N–H and O–H groups in total. The summed E-state index contributed by atoms with van der Waals surface area (Å²) in [6, 6.07) is 3.59. The predicted octanol–water partition coefficient (Wildman–Crippen LogP) is 1.03. The molecule has 2 aromatic heterocycles. The van der Waals surface area contributed by atoms with Gasteiger partial charge in [-0.2, -0.15) is 0 Å². The summed E-state index contributed by atoms with van der Waals surface area (Å²) >= 11 is 1.63. The second-order valence-corrected chi connectivity index (χ2v) is 5.82. The lowest BCUT2D eigenvalue weighted by Crippen LogP contribution is -2.42. The summed E-state index contributed by atoms with van der Waals surface area (Å²) in [5.74, 6) is 1.14. The number of carbonyl (C=O) groups is 1. The van der Waals surface area contributed by atoms with E-state index in [9.17, 15) is 4.79 Å². The molecule has 0 fully saturated rings. The van der Waals surface area contributed by atoms with Gasteiger partial charge in [0.15, 0.2) is 5.96 Å². The Morgan fingerprint density at radius 1 is 1.36 bits per heavy atom. The molecule has 0 radical (unpaired) electrons. The predicted molar refractivity (Wildman–Crippen MR) is 85.6 cm³/mol. The molecule has 0 aliphatic carbocycles. The van der Waals surface area contributed by atoms with Crippen molar-refractivity contribution in [1.29, 1.82) is 0 Å². The highest BCUT2D eigenvalue weighted by Crippen LogP contribution is 2.10. The summed E-state index contributed by atoms with van der Waals surface area (Å²) < 4.78 is 5.14. The molecule has 0 aromatic carbocycles. The molecule has 7 nitrogen and oxygen atoms in total. The molecule has 118 valence electrons. The van der Waals surface area contributed by atoms with Crippen LogP contribution in [0.3, 0.4) is 0 Å². The maximum absolute atomic E-state index is 11.7. The number of nitrogens with zero attached hydrogens (tertiary/aromatic N) is 2. The van der Waals surface area contributed by atoms with E-state index in [-0.39, 0.29) is 12.5 Å². The van der Waals surface area contributed by atoms with Gasteiger partial charge in [0.1, 0.15) is 10.8 Å². The van der Waals surface area contributed by atoms with E-state index >= 15 is 0 Å². The standard InChI is InChI=1S/C14H19N5O2S/c1-10-6-17-13(22-10)9-19-14(15-2)18-8-12(20)16-7-11-4-3-5-21-11/h3-6H,7-9H2,1-2H3,(H,16,20)(H2,15,18,19). The van der Waals surface area contributed by atoms with Gasteiger partial charge in [-0.15, -0.1) is 11.3 Å². The van der Waals surface area contributed by atoms with Crippen LogP contribution < -0.4 is 16.0 Å². The van der Waals surface area contributed by atoms with E-state index in [1.165, 1.54) is 0 Å². The van der Waals surface area contributed by atoms with E-state index in [1.54, 1.807) is 30.7 Å². The van der Waals surface area contributed by atoms with Gasteiger partial charge in [0.05, 0.1) is 25.9 Å². The second-order valence-electron chi connectivity index (χ2n) is 4.50. The molecule has 2 heterocycles. The number of rotatable bonds is 6. The normalized spacial score (nSPS) is 11.3. The van der Waals surface area contributed by atoms with E-state index in [1.807, 2.05) is 19.2 Å². The molecule has 22 heavy (non-hydrogen) atoms. The van der Waals surface area contributed by atoms with Crippen LogP contribution in [-0.4, -0.2) is 30.4 Å². The largest absolute Gasteiger partial charge is 0.467 e. The second kappa shape index (κ2) is 8.18. The fourth-order valence-electron chi connectivity index (χ4n) is 1.69. The fraction of sp³-hybridized carbons (Fsp3) is 0.357. The van der Waals surface area contributed by atoms with Crippen molar-refractivity contribution >= 4 is 23.2 Å². The lowest BCUT2D eigenvalue weighted by molar-refractivity contribution is -0.120. The van der Waals surface area contributed by atoms with Crippen LogP contribution in [0, 0.1) is 6.92 Å². The van der Waals surface area contributed by atoms with Gasteiger partial charge in [0.25, 0.3) is 0 Å². The Kier molecular flexibility index (Phi) is 5.96. The van der Waals surface area contributed by atoms with Crippen molar-refractivity contribution in [2.45, 2.75) is 20.0 Å². The Morgan fingerprint density at radius 2 is 2.23 bits per heavy atom. The monoisotopic (exact) mass is 321 g/mol. The quantitative estimate of drug-likeness (QED) is 0.546. The number of hydrogen-bond donors (Lipinski definition) is 3. The molecule has 2 aromatic rings. The molecule has 0 saturated heterocycles. The van der Waals surface area contributed by atoms with E-state index < -0.39 is 0 Å². The van der Waals surface area contributed by atoms with Gasteiger partial charge in [0, 0.05) is 18.1 Å². The number of amides is 1. The Balaban J connectivity index is 1.68. The zero-order valence-corrected chi connectivity index (χ0v) is 13.4. The number of aliphatic imine (C=N–C) groups is 1. The highest BCUT2D eigenvalue weighted by Gasteiger charge is 2.05. The van der Waals surface area contributed by atoms with Gasteiger partial charge in [0.2, 0.25) is 5.91 Å². The summed E-state index contributed by atoms with van der Waals surface area (Å²) in [5, 5.41) is 9.79. The van der Waals surface area contributed by atoms with Crippen LogP contribution in [0.2, 0.25) is 0 Å². The van der Waals surface area contributed by atoms with Crippen molar-refractivity contribution in [3.8, 4) is 0 Å². The maximum Gasteiger partial charge on any atom is 0.239 e. The first-order valence-corrected chi connectivity index (χ1v) is 7.64. The number of nitrogens with one attached hydrogen (secondary N) is 3. The lowest BCUT2D eigenvalue weighted by Gasteiger charge is -2.10. The topological polar surface area (TPSA) is 91.5 Å². The van der Waals surface area contributed by atoms with Crippen LogP contribution in [0.4, 0.5) is 0 Å². The van der Waals surface area contributed by atoms with Gasteiger partial charge in [-0.25, -0.2) is 4.98 Å². The Bertz CT molecular complexity index is 621. The van der Waals surface area contributed by atoms with Crippen molar-refractivity contribution in [2.24, 2.45) is 4.99 Å². The minimum atomic E-state index is -0.135. The SMILES string of the molecule is CN=C(NCC(=O)NCc1ccco1)NCc1ncc(C)s1. The third-order valence-electron chi connectivity index (χ3n) is 2.76. The number of aryl methyl sites for hydroxylation is 1. The summed E-state index contributed by atoms with van der Waals surface area (Å²) in [4.78, 5) is 21.2. The molecular formula is C14H19N5O2S. The molecule has 8 heteroatoms. The van der Waals surface area contributed by atoms with Crippen molar-refractivity contribution in [2.75, 3.05) is 13.6 Å². The van der Waals surface area contributed by atoms with Crippen LogP contribution >= 0.6 is 11.3 Å². The Labute approximate surface area is 132 Å². The number of carbonyl (C=O) groups excluding carboxylic acids is 1. The van der Waals surface area contributed by atoms with Crippen LogP contribution in [0.1, 0.15) is 15.6 Å². The number of furan rings is 1. The van der Waals surface area contributed by atoms with E-state index in [2.05, 4.69) is 25.9 Å². The smallest absolute Gasteiger partial charge is 0.239 e. The first kappa shape index (κ1) is 16.0. The van der Waals surface area contributed by atoms with Gasteiger partial charge < -0.3 is 20.4 Å². The van der Waals surface area contributed by atoms with Crippen LogP contribution in [-0.2, 0) is 17.9 Å². The van der Waals surface area contributed by atoms with Gasteiger partial charge in [-0.1, -0.05) is 0 Å². The molecule has 0 saturated carbocycles. The Morgan fingerprint density at radius 3 is 2.86 bits per heavy atom. The van der Waals surface area contributed by atoms with Gasteiger partial charge in [-0.05, 0) is 19.1 Å². The third kappa shape index (κ3) is 5.21. The van der Waals surface area contributed by atoms with E-state index in [0.29, 0.717) is 19.0 Å². The zero-order chi connectivity index (χ0) is 15.8. The number of hydrogen-bond acceptors (Lipinski definition) is 5. The summed E-state index contributed by atoms with van der Waals surface area (Å²) in [6.07, 6.45) is 3.41. The third-order valence-corrected chi connectivity index (χ3v) is 3.67. The number of aromatic nitrogens is 1. The minimum absolute atomic E-state index is 0.135. The van der Waals surface area contributed by atoms with Crippen molar-refractivity contribution in [1.82, 2.24) is 20.9 Å². The van der Waals surface area contributed by atoms with Gasteiger partial charge in [-0.3, -0.25) is 9.79 Å². The average molecular weight is 321 g/mol. The molecule has 2 rings (SSSR count). The summed E-state index contributed by atoms with van der Waals surface area (Å²) in [7, 11) is 1.66. The van der Waals surface area contributed by atoms with Crippen LogP contribution in [0.15, 0.2) is 34.0 Å². The lowest BCUT2D eigenvalue weighted by atomic mass is 10.4. The molecule has 0 spiro atoms. The molecule has 0 aliphatic heterocycles. The first-order valence-electron chi connectivity index (χ1n) is 6.82. The molecule has 0 unspecified atom stereocenters. The fourth-order valence-corrected chi connectivity index (χ4v) is 2.42. The number of thiazole rings is 1. The maximum atomic E-state index is 11.7. The highest BCUT2D eigenvalue weighted by atomic mass is 32.1. The molecule has 0 atom stereocenters. The minimum Gasteiger partial charge on any atom is -0.467 e. The summed E-state index contributed by atoms with van der Waals surface area (Å²) in [6.45, 7) is 3.10. The average Bonchev–Trinajstić information content (AvgIpc) is 3.17.